The monoisotopic (exact) mass is 510 g/mol. The summed E-state index contributed by atoms with van der Waals surface area (Å²) in [6, 6.07) is 18.3. The number of aryl methyl sites for hydroxylation is 1. The van der Waals surface area contributed by atoms with E-state index in [0.29, 0.717) is 22.3 Å². The largest absolute Gasteiger partial charge is 0.507 e. The second kappa shape index (κ2) is 7.97. The number of hydrogen-bond acceptors (Lipinski definition) is 3. The number of rotatable bonds is 3. The Bertz CT molecular complexity index is 1330. The van der Waals surface area contributed by atoms with E-state index < -0.39 is 0 Å². The molecule has 0 aliphatic carbocycles. The molecule has 4 nitrogen and oxygen atoms in total. The van der Waals surface area contributed by atoms with Gasteiger partial charge in [0.15, 0.2) is 0 Å². The molecule has 0 amide bonds. The van der Waals surface area contributed by atoms with Crippen LogP contribution in [0.5, 0.6) is 5.75 Å². The average Bonchev–Trinajstić information content (AvgIpc) is 2.70. The number of aromatic hydroxyl groups is 1. The fourth-order valence-electron chi connectivity index (χ4n) is 3.16. The van der Waals surface area contributed by atoms with Crippen molar-refractivity contribution in [3.05, 3.63) is 96.9 Å². The lowest BCUT2D eigenvalue weighted by Crippen LogP contribution is -2.23. The van der Waals surface area contributed by atoms with Gasteiger partial charge in [0.05, 0.1) is 16.6 Å². The standard InChI is InChI=1S/C23H16Br2N2O2/c1-14-4-2-3-5-20(14)27-22(11-6-15-12-16(24)8-10-21(15)28)26-19-9-7-17(25)13-18(19)23(27)29/h2-13,28H,1H3. The van der Waals surface area contributed by atoms with Crippen molar-refractivity contribution in [3.8, 4) is 11.4 Å². The van der Waals surface area contributed by atoms with Crippen LogP contribution in [-0.2, 0) is 0 Å². The van der Waals surface area contributed by atoms with E-state index in [9.17, 15) is 9.90 Å². The Labute approximate surface area is 184 Å². The van der Waals surface area contributed by atoms with Crippen LogP contribution in [0.15, 0.2) is 74.4 Å². The van der Waals surface area contributed by atoms with Gasteiger partial charge in [-0.15, -0.1) is 0 Å². The highest BCUT2D eigenvalue weighted by Crippen LogP contribution is 2.25. The number of nitrogens with zero attached hydrogens (tertiary/aromatic N) is 2. The lowest BCUT2D eigenvalue weighted by atomic mass is 10.1. The highest BCUT2D eigenvalue weighted by Gasteiger charge is 2.13. The molecule has 4 aromatic rings. The molecule has 0 saturated carbocycles. The van der Waals surface area contributed by atoms with Crippen molar-refractivity contribution in [1.82, 2.24) is 9.55 Å². The molecule has 0 spiro atoms. The summed E-state index contributed by atoms with van der Waals surface area (Å²) in [5.41, 5.74) is 2.82. The van der Waals surface area contributed by atoms with Gasteiger partial charge < -0.3 is 5.11 Å². The molecule has 1 N–H and O–H groups in total. The van der Waals surface area contributed by atoms with Crippen LogP contribution in [0.3, 0.4) is 0 Å². The molecule has 1 aromatic heterocycles. The number of fused-ring (bicyclic) bond motifs is 1. The van der Waals surface area contributed by atoms with Crippen molar-refractivity contribution in [1.29, 1.82) is 0 Å². The van der Waals surface area contributed by atoms with Crippen molar-refractivity contribution in [2.24, 2.45) is 0 Å². The zero-order chi connectivity index (χ0) is 20.5. The van der Waals surface area contributed by atoms with Crippen LogP contribution < -0.4 is 5.56 Å². The third kappa shape index (κ3) is 3.91. The van der Waals surface area contributed by atoms with Crippen molar-refractivity contribution in [2.45, 2.75) is 6.92 Å². The van der Waals surface area contributed by atoms with Crippen molar-refractivity contribution >= 4 is 54.9 Å². The smallest absolute Gasteiger partial charge is 0.266 e. The molecule has 0 saturated heterocycles. The maximum atomic E-state index is 13.4. The minimum atomic E-state index is -0.149. The summed E-state index contributed by atoms with van der Waals surface area (Å²) in [4.78, 5) is 18.1. The molecule has 0 aliphatic rings. The lowest BCUT2D eigenvalue weighted by molar-refractivity contribution is 0.474. The van der Waals surface area contributed by atoms with Crippen LogP contribution in [0.1, 0.15) is 17.0 Å². The van der Waals surface area contributed by atoms with E-state index in [1.54, 1.807) is 41.0 Å². The first-order chi connectivity index (χ1) is 13.9. The summed E-state index contributed by atoms with van der Waals surface area (Å²) in [7, 11) is 0. The van der Waals surface area contributed by atoms with Crippen molar-refractivity contribution in [3.63, 3.8) is 0 Å². The Kier molecular flexibility index (Phi) is 5.39. The van der Waals surface area contributed by atoms with Gasteiger partial charge in [-0.05, 0) is 67.1 Å². The van der Waals surface area contributed by atoms with Crippen LogP contribution >= 0.6 is 31.9 Å². The summed E-state index contributed by atoms with van der Waals surface area (Å²) in [5.74, 6) is 0.637. The fraction of sp³-hybridized carbons (Fsp3) is 0.0435. The zero-order valence-corrected chi connectivity index (χ0v) is 18.6. The Morgan fingerprint density at radius 1 is 0.966 bits per heavy atom. The molecule has 0 fully saturated rings. The van der Waals surface area contributed by atoms with Crippen LogP contribution in [0.2, 0.25) is 0 Å². The third-order valence-corrected chi connectivity index (χ3v) is 5.60. The predicted molar refractivity (Wildman–Crippen MR) is 125 cm³/mol. The maximum absolute atomic E-state index is 13.4. The average molecular weight is 512 g/mol. The van der Waals surface area contributed by atoms with E-state index in [4.69, 9.17) is 4.98 Å². The number of halogens is 2. The Hall–Kier alpha value is -2.70. The topological polar surface area (TPSA) is 55.1 Å². The van der Waals surface area contributed by atoms with E-state index in [-0.39, 0.29) is 11.3 Å². The first kappa shape index (κ1) is 19.6. The predicted octanol–water partition coefficient (Wildman–Crippen LogP) is 6.10. The van der Waals surface area contributed by atoms with Crippen LogP contribution in [0.4, 0.5) is 0 Å². The first-order valence-corrected chi connectivity index (χ1v) is 10.5. The maximum Gasteiger partial charge on any atom is 0.266 e. The Morgan fingerprint density at radius 3 is 2.48 bits per heavy atom. The number of phenols is 1. The number of hydrogen-bond donors (Lipinski definition) is 1. The highest BCUT2D eigenvalue weighted by atomic mass is 79.9. The third-order valence-electron chi connectivity index (χ3n) is 4.61. The summed E-state index contributed by atoms with van der Waals surface area (Å²) in [6.07, 6.45) is 3.50. The molecular formula is C23H16Br2N2O2. The fourth-order valence-corrected chi connectivity index (χ4v) is 3.90. The molecule has 0 bridgehead atoms. The van der Waals surface area contributed by atoms with E-state index in [0.717, 1.165) is 20.2 Å². The normalized spacial score (nSPS) is 11.4. The molecular weight excluding hydrogens is 496 g/mol. The molecule has 0 unspecified atom stereocenters. The van der Waals surface area contributed by atoms with Crippen LogP contribution in [0, 0.1) is 6.92 Å². The van der Waals surface area contributed by atoms with E-state index >= 15 is 0 Å². The first-order valence-electron chi connectivity index (χ1n) is 8.89. The van der Waals surface area contributed by atoms with Gasteiger partial charge in [0, 0.05) is 14.5 Å². The van der Waals surface area contributed by atoms with Gasteiger partial charge >= 0.3 is 0 Å². The summed E-state index contributed by atoms with van der Waals surface area (Å²) in [6.45, 7) is 1.96. The van der Waals surface area contributed by atoms with Gasteiger partial charge in [0.1, 0.15) is 11.6 Å². The molecule has 0 atom stereocenters. The Morgan fingerprint density at radius 2 is 1.69 bits per heavy atom. The molecule has 6 heteroatoms. The molecule has 0 aliphatic heterocycles. The molecule has 4 rings (SSSR count). The van der Waals surface area contributed by atoms with Crippen LogP contribution in [-0.4, -0.2) is 14.7 Å². The Balaban J connectivity index is 1.99. The quantitative estimate of drug-likeness (QED) is 0.362. The minimum absolute atomic E-state index is 0.149. The number of phenolic OH excluding ortho intramolecular Hbond substituents is 1. The number of aromatic nitrogens is 2. The summed E-state index contributed by atoms with van der Waals surface area (Å²) < 4.78 is 3.28. The second-order valence-corrected chi connectivity index (χ2v) is 8.43. The molecule has 29 heavy (non-hydrogen) atoms. The molecule has 1 heterocycles. The van der Waals surface area contributed by atoms with Gasteiger partial charge in [0.25, 0.3) is 5.56 Å². The van der Waals surface area contributed by atoms with Gasteiger partial charge in [-0.25, -0.2) is 4.98 Å². The van der Waals surface area contributed by atoms with Crippen LogP contribution in [0.25, 0.3) is 28.7 Å². The van der Waals surface area contributed by atoms with E-state index in [1.165, 1.54) is 0 Å². The van der Waals surface area contributed by atoms with Gasteiger partial charge in [-0.1, -0.05) is 50.1 Å². The van der Waals surface area contributed by atoms with E-state index in [1.807, 2.05) is 43.3 Å². The summed E-state index contributed by atoms with van der Waals surface area (Å²) >= 11 is 6.85. The highest BCUT2D eigenvalue weighted by molar-refractivity contribution is 9.10. The van der Waals surface area contributed by atoms with Gasteiger partial charge in [-0.2, -0.15) is 0 Å². The molecule has 0 radical (unpaired) electrons. The van der Waals surface area contributed by atoms with Gasteiger partial charge in [-0.3, -0.25) is 9.36 Å². The van der Waals surface area contributed by atoms with Crippen molar-refractivity contribution in [2.75, 3.05) is 0 Å². The second-order valence-electron chi connectivity index (χ2n) is 6.59. The number of para-hydroxylation sites is 1. The van der Waals surface area contributed by atoms with Crippen molar-refractivity contribution < 1.29 is 5.11 Å². The van der Waals surface area contributed by atoms with E-state index in [2.05, 4.69) is 31.9 Å². The minimum Gasteiger partial charge on any atom is -0.507 e. The SMILES string of the molecule is Cc1ccccc1-n1c(C=Cc2cc(Br)ccc2O)nc2ccc(Br)cc2c1=O. The zero-order valence-electron chi connectivity index (χ0n) is 15.4. The van der Waals surface area contributed by atoms with Gasteiger partial charge in [0.2, 0.25) is 0 Å². The number of benzene rings is 3. The molecule has 3 aromatic carbocycles. The summed E-state index contributed by atoms with van der Waals surface area (Å²) in [5, 5.41) is 10.7. The molecule has 144 valence electrons. The lowest BCUT2D eigenvalue weighted by Gasteiger charge is -2.14.